The van der Waals surface area contributed by atoms with Crippen LogP contribution in [0.3, 0.4) is 0 Å². The third-order valence-electron chi connectivity index (χ3n) is 4.87. The summed E-state index contributed by atoms with van der Waals surface area (Å²) in [6.45, 7) is 4.38. The van der Waals surface area contributed by atoms with Gasteiger partial charge in [0.15, 0.2) is 0 Å². The zero-order valence-corrected chi connectivity index (χ0v) is 15.7. The molecule has 0 radical (unpaired) electrons. The molecule has 0 saturated heterocycles. The number of aromatic amines is 1. The molecule has 3 aromatic rings. The number of aromatic nitrogens is 2. The molecule has 2 aromatic carbocycles. The molecule has 6 heteroatoms. The van der Waals surface area contributed by atoms with Crippen LogP contribution in [0.1, 0.15) is 33.9 Å². The number of fused-ring (bicyclic) bond motifs is 1. The summed E-state index contributed by atoms with van der Waals surface area (Å²) in [5.74, 6) is 0.760. The molecule has 1 aliphatic heterocycles. The Bertz CT molecular complexity index is 1090. The number of nitrogens with two attached hydrogens (primary N) is 1. The van der Waals surface area contributed by atoms with Gasteiger partial charge in [-0.2, -0.15) is 5.26 Å². The molecule has 0 fully saturated rings. The molecule has 6 nitrogen and oxygen atoms in total. The summed E-state index contributed by atoms with van der Waals surface area (Å²) >= 11 is 0. The quantitative estimate of drug-likeness (QED) is 0.725. The normalized spacial score (nSPS) is 15.5. The molecule has 1 aliphatic rings. The summed E-state index contributed by atoms with van der Waals surface area (Å²) in [5.41, 5.74) is 11.1. The Hall–Kier alpha value is -3.72. The summed E-state index contributed by atoms with van der Waals surface area (Å²) < 4.78 is 11.7. The fourth-order valence-electron chi connectivity index (χ4n) is 3.41. The van der Waals surface area contributed by atoms with E-state index in [-0.39, 0.29) is 5.88 Å². The van der Waals surface area contributed by atoms with Crippen LogP contribution in [0.25, 0.3) is 0 Å². The van der Waals surface area contributed by atoms with Crippen LogP contribution in [0, 0.1) is 25.2 Å². The van der Waals surface area contributed by atoms with E-state index in [0.29, 0.717) is 23.8 Å². The van der Waals surface area contributed by atoms with Crippen LogP contribution < -0.4 is 15.2 Å². The Kier molecular flexibility index (Phi) is 4.50. The van der Waals surface area contributed by atoms with Gasteiger partial charge in [0.2, 0.25) is 11.8 Å². The molecule has 0 bridgehead atoms. The Morgan fingerprint density at radius 1 is 1.18 bits per heavy atom. The lowest BCUT2D eigenvalue weighted by Crippen LogP contribution is -2.21. The maximum absolute atomic E-state index is 9.73. The van der Waals surface area contributed by atoms with Gasteiger partial charge in [-0.25, -0.2) is 0 Å². The van der Waals surface area contributed by atoms with Gasteiger partial charge in [0, 0.05) is 16.8 Å². The maximum atomic E-state index is 9.73. The van der Waals surface area contributed by atoms with Crippen LogP contribution in [0.4, 0.5) is 0 Å². The second kappa shape index (κ2) is 7.12. The number of benzene rings is 2. The molecule has 2 heterocycles. The van der Waals surface area contributed by atoms with Gasteiger partial charge in [0.05, 0.1) is 5.92 Å². The van der Waals surface area contributed by atoms with Gasteiger partial charge in [0.25, 0.3) is 0 Å². The van der Waals surface area contributed by atoms with Crippen molar-refractivity contribution in [2.75, 3.05) is 0 Å². The molecule has 1 aromatic heterocycles. The molecule has 0 saturated carbocycles. The number of ether oxygens (including phenoxy) is 2. The van der Waals surface area contributed by atoms with Crippen molar-refractivity contribution in [2.45, 2.75) is 26.4 Å². The van der Waals surface area contributed by atoms with Crippen LogP contribution in [0.2, 0.25) is 0 Å². The summed E-state index contributed by atoms with van der Waals surface area (Å²) in [6, 6.07) is 18.1. The van der Waals surface area contributed by atoms with Crippen LogP contribution in [0.15, 0.2) is 60.0 Å². The van der Waals surface area contributed by atoms with E-state index >= 15 is 0 Å². The molecular weight excluding hydrogens is 352 g/mol. The maximum Gasteiger partial charge on any atom is 0.244 e. The van der Waals surface area contributed by atoms with Crippen molar-refractivity contribution in [1.29, 1.82) is 5.26 Å². The number of allylic oxidation sites excluding steroid dienone is 1. The van der Waals surface area contributed by atoms with E-state index < -0.39 is 5.92 Å². The summed E-state index contributed by atoms with van der Waals surface area (Å²) in [6.07, 6.45) is 0. The SMILES string of the molecule is Cc1ccc(COc2ccccc2[C@@H]2C(C#N)=C(N)Oc3n[nH]c(C)c32)cc1. The van der Waals surface area contributed by atoms with Gasteiger partial charge in [-0.15, -0.1) is 5.10 Å². The lowest BCUT2D eigenvalue weighted by molar-refractivity contribution is 0.301. The third kappa shape index (κ3) is 3.08. The van der Waals surface area contributed by atoms with Gasteiger partial charge in [-0.05, 0) is 25.5 Å². The van der Waals surface area contributed by atoms with E-state index in [1.165, 1.54) is 5.56 Å². The molecule has 0 unspecified atom stereocenters. The topological polar surface area (TPSA) is 96.9 Å². The largest absolute Gasteiger partial charge is 0.489 e. The number of nitrogens with zero attached hydrogens (tertiary/aromatic N) is 2. The fraction of sp³-hybridized carbons (Fsp3) is 0.182. The lowest BCUT2D eigenvalue weighted by Gasteiger charge is -2.25. The minimum absolute atomic E-state index is 0.0693. The number of nitriles is 1. The van der Waals surface area contributed by atoms with Gasteiger partial charge in [-0.1, -0.05) is 48.0 Å². The first-order chi connectivity index (χ1) is 13.6. The van der Waals surface area contributed by atoms with Crippen LogP contribution >= 0.6 is 0 Å². The van der Waals surface area contributed by atoms with Gasteiger partial charge >= 0.3 is 0 Å². The zero-order valence-electron chi connectivity index (χ0n) is 15.7. The molecular formula is C22H20N4O2. The number of rotatable bonds is 4. The number of hydrogen-bond acceptors (Lipinski definition) is 5. The van der Waals surface area contributed by atoms with Gasteiger partial charge < -0.3 is 15.2 Å². The Labute approximate surface area is 163 Å². The molecule has 0 spiro atoms. The Morgan fingerprint density at radius 3 is 2.68 bits per heavy atom. The second-order valence-electron chi connectivity index (χ2n) is 6.80. The molecule has 0 aliphatic carbocycles. The number of para-hydroxylation sites is 1. The van der Waals surface area contributed by atoms with Gasteiger partial charge in [-0.3, -0.25) is 5.10 Å². The number of H-pyrrole nitrogens is 1. The van der Waals surface area contributed by atoms with Gasteiger partial charge in [0.1, 0.15) is 24.0 Å². The highest BCUT2D eigenvalue weighted by atomic mass is 16.5. The number of aryl methyl sites for hydroxylation is 2. The molecule has 3 N–H and O–H groups in total. The van der Waals surface area contributed by atoms with E-state index in [4.69, 9.17) is 15.2 Å². The average Bonchev–Trinajstić information content (AvgIpc) is 3.07. The predicted octanol–water partition coefficient (Wildman–Crippen LogP) is 3.82. The third-order valence-corrected chi connectivity index (χ3v) is 4.87. The molecule has 28 heavy (non-hydrogen) atoms. The Morgan fingerprint density at radius 2 is 1.93 bits per heavy atom. The van der Waals surface area contributed by atoms with Crippen molar-refractivity contribution in [3.05, 3.63) is 87.9 Å². The zero-order chi connectivity index (χ0) is 19.7. The van der Waals surface area contributed by atoms with Crippen molar-refractivity contribution < 1.29 is 9.47 Å². The van der Waals surface area contributed by atoms with E-state index in [1.54, 1.807) is 0 Å². The standard InChI is InChI=1S/C22H20N4O2/c1-13-7-9-15(10-8-13)12-27-18-6-4-3-5-16(18)20-17(11-23)21(24)28-22-19(20)14(2)25-26-22/h3-10,20H,12,24H2,1-2H3,(H,25,26)/t20-/m1/s1. The van der Waals surface area contributed by atoms with E-state index in [9.17, 15) is 5.26 Å². The van der Waals surface area contributed by atoms with Crippen molar-refractivity contribution in [3.8, 4) is 17.7 Å². The first-order valence-electron chi connectivity index (χ1n) is 8.98. The van der Waals surface area contributed by atoms with Crippen LogP contribution in [-0.2, 0) is 6.61 Å². The second-order valence-corrected chi connectivity index (χ2v) is 6.80. The van der Waals surface area contributed by atoms with Crippen LogP contribution in [0.5, 0.6) is 11.6 Å². The first-order valence-corrected chi connectivity index (χ1v) is 8.98. The minimum Gasteiger partial charge on any atom is -0.489 e. The monoisotopic (exact) mass is 372 g/mol. The van der Waals surface area contributed by atoms with Crippen LogP contribution in [-0.4, -0.2) is 10.2 Å². The smallest absolute Gasteiger partial charge is 0.244 e. The van der Waals surface area contributed by atoms with E-state index in [0.717, 1.165) is 22.4 Å². The number of hydrogen-bond donors (Lipinski definition) is 2. The number of nitrogens with one attached hydrogen (secondary N) is 1. The minimum atomic E-state index is -0.401. The highest BCUT2D eigenvalue weighted by Gasteiger charge is 2.35. The summed E-state index contributed by atoms with van der Waals surface area (Å²) in [4.78, 5) is 0. The first kappa shape index (κ1) is 17.7. The lowest BCUT2D eigenvalue weighted by atomic mass is 9.83. The van der Waals surface area contributed by atoms with Crippen molar-refractivity contribution >= 4 is 0 Å². The highest BCUT2D eigenvalue weighted by Crippen LogP contribution is 2.45. The van der Waals surface area contributed by atoms with Crippen molar-refractivity contribution in [1.82, 2.24) is 10.2 Å². The van der Waals surface area contributed by atoms with E-state index in [1.807, 2.05) is 43.3 Å². The molecule has 4 rings (SSSR count). The summed E-state index contributed by atoms with van der Waals surface area (Å²) in [5, 5.41) is 16.8. The molecule has 0 amide bonds. The predicted molar refractivity (Wildman–Crippen MR) is 105 cm³/mol. The Balaban J connectivity index is 1.74. The van der Waals surface area contributed by atoms with Crippen molar-refractivity contribution in [2.24, 2.45) is 5.73 Å². The van der Waals surface area contributed by atoms with E-state index in [2.05, 4.69) is 35.3 Å². The molecule has 140 valence electrons. The summed E-state index contributed by atoms with van der Waals surface area (Å²) in [7, 11) is 0. The van der Waals surface area contributed by atoms with Crippen molar-refractivity contribution in [3.63, 3.8) is 0 Å². The molecule has 1 atom stereocenters. The highest BCUT2D eigenvalue weighted by molar-refractivity contribution is 5.57. The fourth-order valence-corrected chi connectivity index (χ4v) is 3.41. The average molecular weight is 372 g/mol.